The molecule has 1 aliphatic rings. The molecule has 0 aliphatic heterocycles. The van der Waals surface area contributed by atoms with Crippen LogP contribution in [0.25, 0.3) is 0 Å². The van der Waals surface area contributed by atoms with Gasteiger partial charge in [0.1, 0.15) is 5.82 Å². The molecule has 0 spiro atoms. The topological polar surface area (TPSA) is 70.2 Å². The maximum Gasteiger partial charge on any atom is 0.253 e. The molecule has 4 rings (SSSR count). The van der Waals surface area contributed by atoms with Crippen LogP contribution in [0.2, 0.25) is 0 Å². The number of hydrogen-bond donors (Lipinski definition) is 3. The molecule has 32 heavy (non-hydrogen) atoms. The predicted molar refractivity (Wildman–Crippen MR) is 125 cm³/mol. The quantitative estimate of drug-likeness (QED) is 0.457. The van der Waals surface area contributed by atoms with E-state index < -0.39 is 0 Å². The van der Waals surface area contributed by atoms with Crippen LogP contribution < -0.4 is 16.0 Å². The summed E-state index contributed by atoms with van der Waals surface area (Å²) in [4.78, 5) is 26.5. The first-order valence-electron chi connectivity index (χ1n) is 10.8. The predicted octanol–water partition coefficient (Wildman–Crippen LogP) is 4.88. The minimum Gasteiger partial charge on any atom is -0.349 e. The van der Waals surface area contributed by atoms with Crippen LogP contribution in [0, 0.1) is 5.82 Å². The van der Waals surface area contributed by atoms with Gasteiger partial charge in [0.25, 0.3) is 5.91 Å². The fourth-order valence-corrected chi connectivity index (χ4v) is 4.83. The highest BCUT2D eigenvalue weighted by Crippen LogP contribution is 2.26. The van der Waals surface area contributed by atoms with Crippen molar-refractivity contribution in [3.8, 4) is 0 Å². The summed E-state index contributed by atoms with van der Waals surface area (Å²) >= 11 is 1.57. The largest absolute Gasteiger partial charge is 0.349 e. The monoisotopic (exact) mass is 451 g/mol. The molecule has 5 nitrogen and oxygen atoms in total. The molecule has 2 aromatic carbocycles. The Labute approximate surface area is 191 Å². The van der Waals surface area contributed by atoms with Crippen LogP contribution in [0.15, 0.2) is 66.0 Å². The van der Waals surface area contributed by atoms with Crippen molar-refractivity contribution in [2.75, 3.05) is 11.9 Å². The second-order valence-corrected chi connectivity index (χ2v) is 8.91. The standard InChI is InChI=1S/C25H26FN3O2S/c26-18-13-11-17(12-14-18)24(22-10-5-15-32-22)27-16-23(30)29-21-9-4-3-8-20(21)25(31)28-19-6-1-2-7-19/h3-5,8-15,19,24,27H,1-2,6-7,16H2,(H,28,31)(H,29,30). The van der Waals surface area contributed by atoms with E-state index in [1.165, 1.54) is 12.1 Å². The summed E-state index contributed by atoms with van der Waals surface area (Å²) in [6.45, 7) is 0.0402. The van der Waals surface area contributed by atoms with Gasteiger partial charge in [0.05, 0.1) is 23.8 Å². The number of para-hydroxylation sites is 1. The van der Waals surface area contributed by atoms with Gasteiger partial charge in [0.2, 0.25) is 5.91 Å². The van der Waals surface area contributed by atoms with Crippen molar-refractivity contribution in [1.82, 2.24) is 10.6 Å². The molecule has 1 heterocycles. The van der Waals surface area contributed by atoms with Gasteiger partial charge in [-0.2, -0.15) is 0 Å². The average Bonchev–Trinajstić information content (AvgIpc) is 3.50. The summed E-state index contributed by atoms with van der Waals surface area (Å²) in [7, 11) is 0. The second kappa shape index (κ2) is 10.5. The van der Waals surface area contributed by atoms with Crippen LogP contribution in [0.1, 0.15) is 52.5 Å². The number of rotatable bonds is 8. The Kier molecular flexibility index (Phi) is 7.29. The summed E-state index contributed by atoms with van der Waals surface area (Å²) < 4.78 is 13.4. The smallest absolute Gasteiger partial charge is 0.253 e. The molecule has 2 amide bonds. The van der Waals surface area contributed by atoms with Crippen molar-refractivity contribution in [3.05, 3.63) is 87.9 Å². The maximum atomic E-state index is 13.4. The fraction of sp³-hybridized carbons (Fsp3) is 0.280. The lowest BCUT2D eigenvalue weighted by molar-refractivity contribution is -0.115. The minimum absolute atomic E-state index is 0.0402. The first kappa shape index (κ1) is 22.2. The normalized spacial score (nSPS) is 14.8. The summed E-state index contributed by atoms with van der Waals surface area (Å²) in [6.07, 6.45) is 4.26. The molecule has 1 atom stereocenters. The van der Waals surface area contributed by atoms with Gasteiger partial charge >= 0.3 is 0 Å². The van der Waals surface area contributed by atoms with Gasteiger partial charge in [-0.25, -0.2) is 4.39 Å². The Morgan fingerprint density at radius 3 is 2.47 bits per heavy atom. The van der Waals surface area contributed by atoms with Crippen LogP contribution in [0.4, 0.5) is 10.1 Å². The van der Waals surface area contributed by atoms with E-state index in [2.05, 4.69) is 16.0 Å². The number of thiophene rings is 1. The SMILES string of the molecule is O=C(CNC(c1ccc(F)cc1)c1cccs1)Nc1ccccc1C(=O)NC1CCCC1. The third-order valence-electron chi connectivity index (χ3n) is 5.63. The third kappa shape index (κ3) is 5.60. The highest BCUT2D eigenvalue weighted by molar-refractivity contribution is 7.10. The number of hydrogen-bond acceptors (Lipinski definition) is 4. The molecule has 1 unspecified atom stereocenters. The molecule has 7 heteroatoms. The number of anilines is 1. The van der Waals surface area contributed by atoms with E-state index in [9.17, 15) is 14.0 Å². The molecule has 0 saturated heterocycles. The van der Waals surface area contributed by atoms with Gasteiger partial charge in [-0.1, -0.05) is 43.2 Å². The summed E-state index contributed by atoms with van der Waals surface area (Å²) in [5, 5.41) is 11.2. The minimum atomic E-state index is -0.302. The molecule has 3 N–H and O–H groups in total. The van der Waals surface area contributed by atoms with E-state index in [1.807, 2.05) is 17.5 Å². The van der Waals surface area contributed by atoms with Crippen LogP contribution in [-0.4, -0.2) is 24.4 Å². The molecule has 1 aromatic heterocycles. The Morgan fingerprint density at radius 1 is 1.00 bits per heavy atom. The number of halogens is 1. The molecule has 166 valence electrons. The lowest BCUT2D eigenvalue weighted by Gasteiger charge is -2.19. The molecule has 0 bridgehead atoms. The van der Waals surface area contributed by atoms with Crippen molar-refractivity contribution in [2.24, 2.45) is 0 Å². The summed E-state index contributed by atoms with van der Waals surface area (Å²) in [5.41, 5.74) is 1.82. The first-order valence-corrected chi connectivity index (χ1v) is 11.7. The Bertz CT molecular complexity index is 1050. The van der Waals surface area contributed by atoms with Crippen molar-refractivity contribution < 1.29 is 14.0 Å². The molecule has 1 fully saturated rings. The number of nitrogens with one attached hydrogen (secondary N) is 3. The van der Waals surface area contributed by atoms with Gasteiger partial charge in [0, 0.05) is 10.9 Å². The van der Waals surface area contributed by atoms with Crippen molar-refractivity contribution >= 4 is 28.8 Å². The molecule has 0 radical (unpaired) electrons. The first-order chi connectivity index (χ1) is 15.6. The van der Waals surface area contributed by atoms with E-state index in [4.69, 9.17) is 0 Å². The van der Waals surface area contributed by atoms with E-state index in [0.717, 1.165) is 36.1 Å². The second-order valence-electron chi connectivity index (χ2n) is 7.93. The van der Waals surface area contributed by atoms with Gasteiger partial charge in [-0.15, -0.1) is 11.3 Å². The van der Waals surface area contributed by atoms with Crippen LogP contribution in [0.5, 0.6) is 0 Å². The highest BCUT2D eigenvalue weighted by Gasteiger charge is 2.21. The van der Waals surface area contributed by atoms with Crippen molar-refractivity contribution in [3.63, 3.8) is 0 Å². The number of benzene rings is 2. The number of carbonyl (C=O) groups excluding carboxylic acids is 2. The average molecular weight is 452 g/mol. The zero-order chi connectivity index (χ0) is 22.3. The van der Waals surface area contributed by atoms with E-state index in [0.29, 0.717) is 11.3 Å². The Morgan fingerprint density at radius 2 is 1.75 bits per heavy atom. The zero-order valence-electron chi connectivity index (χ0n) is 17.6. The van der Waals surface area contributed by atoms with E-state index in [-0.39, 0.29) is 36.3 Å². The molecule has 1 aliphatic carbocycles. The van der Waals surface area contributed by atoms with Crippen LogP contribution in [0.3, 0.4) is 0 Å². The van der Waals surface area contributed by atoms with Gasteiger partial charge in [-0.05, 0) is 54.1 Å². The lowest BCUT2D eigenvalue weighted by atomic mass is 10.1. The third-order valence-corrected chi connectivity index (χ3v) is 6.57. The van der Waals surface area contributed by atoms with Crippen LogP contribution >= 0.6 is 11.3 Å². The number of amides is 2. The Hall–Kier alpha value is -3.03. The van der Waals surface area contributed by atoms with E-state index >= 15 is 0 Å². The summed E-state index contributed by atoms with van der Waals surface area (Å²) in [5.74, 6) is -0.720. The van der Waals surface area contributed by atoms with Gasteiger partial charge in [0.15, 0.2) is 0 Å². The molecular formula is C25H26FN3O2S. The van der Waals surface area contributed by atoms with Crippen molar-refractivity contribution in [1.29, 1.82) is 0 Å². The maximum absolute atomic E-state index is 13.4. The van der Waals surface area contributed by atoms with Crippen molar-refractivity contribution in [2.45, 2.75) is 37.8 Å². The van der Waals surface area contributed by atoms with Gasteiger partial charge in [-0.3, -0.25) is 14.9 Å². The fourth-order valence-electron chi connectivity index (χ4n) is 4.01. The Balaban J connectivity index is 1.42. The molecule has 3 aromatic rings. The lowest BCUT2D eigenvalue weighted by Crippen LogP contribution is -2.34. The summed E-state index contributed by atoms with van der Waals surface area (Å²) in [6, 6.07) is 17.2. The number of carbonyl (C=O) groups is 2. The zero-order valence-corrected chi connectivity index (χ0v) is 18.5. The molecular weight excluding hydrogens is 425 g/mol. The van der Waals surface area contributed by atoms with E-state index in [1.54, 1.807) is 47.7 Å². The van der Waals surface area contributed by atoms with Crippen LogP contribution in [-0.2, 0) is 4.79 Å². The molecule has 1 saturated carbocycles. The van der Waals surface area contributed by atoms with Gasteiger partial charge < -0.3 is 10.6 Å². The highest BCUT2D eigenvalue weighted by atomic mass is 32.1.